The number of nitrogens with zero attached hydrogens (tertiary/aromatic N) is 2. The van der Waals surface area contributed by atoms with E-state index in [1.54, 1.807) is 0 Å². The molecule has 0 aromatic heterocycles. The van der Waals surface area contributed by atoms with Crippen LogP contribution in [0, 0.1) is 0 Å². The van der Waals surface area contributed by atoms with Crippen LogP contribution in [0.1, 0.15) is 28.8 Å². The summed E-state index contributed by atoms with van der Waals surface area (Å²) in [4.78, 5) is 16.4. The van der Waals surface area contributed by atoms with Gasteiger partial charge in [-0.2, -0.15) is 0 Å². The normalized spacial score (nSPS) is 16.2. The summed E-state index contributed by atoms with van der Waals surface area (Å²) in [6.45, 7) is 2.74. The smallest absolute Gasteiger partial charge is 0.339 e. The molecule has 0 spiro atoms. The van der Waals surface area contributed by atoms with E-state index in [1.807, 2.05) is 24.3 Å². The summed E-state index contributed by atoms with van der Waals surface area (Å²) in [5, 5.41) is 20.5. The van der Waals surface area contributed by atoms with Crippen molar-refractivity contribution >= 4 is 33.3 Å². The lowest BCUT2D eigenvalue weighted by Gasteiger charge is -2.43. The van der Waals surface area contributed by atoms with Crippen LogP contribution >= 0.6 is 15.9 Å². The molecule has 2 aliphatic rings. The Morgan fingerprint density at radius 3 is 2.53 bits per heavy atom. The molecule has 0 unspecified atom stereocenters. The van der Waals surface area contributed by atoms with Crippen LogP contribution in [-0.4, -0.2) is 40.2 Å². The van der Waals surface area contributed by atoms with Crippen LogP contribution in [-0.2, 0) is 6.54 Å². The lowest BCUT2D eigenvalue weighted by atomic mass is 9.98. The molecule has 2 aliphatic heterocycles. The highest BCUT2D eigenvalue weighted by Crippen LogP contribution is 2.54. The number of benzene rings is 3. The van der Waals surface area contributed by atoms with Gasteiger partial charge in [0.2, 0.25) is 0 Å². The molecule has 1 saturated heterocycles. The third-order valence-corrected chi connectivity index (χ3v) is 6.64. The maximum Gasteiger partial charge on any atom is 0.339 e. The summed E-state index contributed by atoms with van der Waals surface area (Å²) >= 11 is 3.48. The number of rotatable bonds is 4. The predicted molar refractivity (Wildman–Crippen MR) is 126 cm³/mol. The van der Waals surface area contributed by atoms with Gasteiger partial charge in [0, 0.05) is 30.1 Å². The molecule has 2 heterocycles. The number of carboxylic acids is 1. The van der Waals surface area contributed by atoms with Crippen molar-refractivity contribution in [2.24, 2.45) is 0 Å². The number of aromatic hydroxyl groups is 1. The maximum atomic E-state index is 11.9. The molecule has 3 aromatic rings. The fraction of sp³-hybridized carbons (Fsp3) is 0.240. The number of hydrogen-bond acceptors (Lipinski definition) is 5. The SMILES string of the molecule is O=C(O)c1ccc(O)c2c1Oc1cc(Br)ccc1N2C1CCN(Cc2ccccc2)CC1. The molecule has 6 nitrogen and oxygen atoms in total. The second kappa shape index (κ2) is 8.48. The number of piperidine rings is 1. The summed E-state index contributed by atoms with van der Waals surface area (Å²) < 4.78 is 6.87. The molecular formula is C25H23BrN2O4. The summed E-state index contributed by atoms with van der Waals surface area (Å²) in [6.07, 6.45) is 1.77. The van der Waals surface area contributed by atoms with Gasteiger partial charge in [-0.25, -0.2) is 4.79 Å². The molecule has 32 heavy (non-hydrogen) atoms. The quantitative estimate of drug-likeness (QED) is 0.480. The fourth-order valence-electron chi connectivity index (χ4n) is 4.62. The van der Waals surface area contributed by atoms with Crippen LogP contribution in [0.4, 0.5) is 11.4 Å². The van der Waals surface area contributed by atoms with E-state index in [9.17, 15) is 15.0 Å². The first-order valence-corrected chi connectivity index (χ1v) is 11.4. The first-order chi connectivity index (χ1) is 15.5. The van der Waals surface area contributed by atoms with Crippen LogP contribution in [0.3, 0.4) is 0 Å². The van der Waals surface area contributed by atoms with Crippen molar-refractivity contribution in [3.8, 4) is 17.2 Å². The number of ether oxygens (including phenoxy) is 1. The number of halogens is 1. The Hall–Kier alpha value is -3.03. The minimum atomic E-state index is -1.09. The zero-order valence-electron chi connectivity index (χ0n) is 17.4. The number of anilines is 2. The lowest BCUT2D eigenvalue weighted by Crippen LogP contribution is -2.43. The molecule has 0 amide bonds. The second-order valence-corrected chi connectivity index (χ2v) is 9.11. The molecule has 1 fully saturated rings. The highest BCUT2D eigenvalue weighted by molar-refractivity contribution is 9.10. The third kappa shape index (κ3) is 3.82. The zero-order valence-corrected chi connectivity index (χ0v) is 19.0. The summed E-state index contributed by atoms with van der Waals surface area (Å²) in [5.41, 5.74) is 2.60. The van der Waals surface area contributed by atoms with Crippen LogP contribution in [0.2, 0.25) is 0 Å². The van der Waals surface area contributed by atoms with Gasteiger partial charge in [-0.3, -0.25) is 4.90 Å². The van der Waals surface area contributed by atoms with Gasteiger partial charge >= 0.3 is 5.97 Å². The van der Waals surface area contributed by atoms with Crippen molar-refractivity contribution in [1.82, 2.24) is 4.90 Å². The van der Waals surface area contributed by atoms with Crippen molar-refractivity contribution in [1.29, 1.82) is 0 Å². The van der Waals surface area contributed by atoms with Crippen molar-refractivity contribution < 1.29 is 19.7 Å². The molecule has 0 radical (unpaired) electrons. The minimum absolute atomic E-state index is 0.0188. The van der Waals surface area contributed by atoms with Gasteiger partial charge in [0.25, 0.3) is 0 Å². The summed E-state index contributed by atoms with van der Waals surface area (Å²) in [7, 11) is 0. The van der Waals surface area contributed by atoms with Crippen molar-refractivity contribution in [2.45, 2.75) is 25.4 Å². The number of phenols is 1. The Labute approximate surface area is 194 Å². The summed E-state index contributed by atoms with van der Waals surface area (Å²) in [5.74, 6) is -0.302. The molecule has 164 valence electrons. The molecule has 3 aromatic carbocycles. The Kier molecular flexibility index (Phi) is 5.53. The average molecular weight is 495 g/mol. The number of fused-ring (bicyclic) bond motifs is 2. The topological polar surface area (TPSA) is 73.2 Å². The molecular weight excluding hydrogens is 472 g/mol. The zero-order chi connectivity index (χ0) is 22.2. The van der Waals surface area contributed by atoms with Crippen LogP contribution in [0.25, 0.3) is 0 Å². The van der Waals surface area contributed by atoms with Gasteiger partial charge in [0.05, 0.1) is 5.69 Å². The molecule has 0 atom stereocenters. The first kappa shape index (κ1) is 20.8. The molecule has 0 aliphatic carbocycles. The highest BCUT2D eigenvalue weighted by atomic mass is 79.9. The van der Waals surface area contributed by atoms with E-state index in [4.69, 9.17) is 4.74 Å². The van der Waals surface area contributed by atoms with E-state index < -0.39 is 5.97 Å². The van der Waals surface area contributed by atoms with E-state index in [1.165, 1.54) is 17.7 Å². The van der Waals surface area contributed by atoms with Crippen molar-refractivity contribution in [2.75, 3.05) is 18.0 Å². The number of aromatic carboxylic acids is 1. The number of phenolic OH excluding ortho intramolecular Hbond substituents is 1. The van der Waals surface area contributed by atoms with Gasteiger partial charge in [-0.1, -0.05) is 46.3 Å². The number of carbonyl (C=O) groups is 1. The molecule has 7 heteroatoms. The van der Waals surface area contributed by atoms with Gasteiger partial charge in [-0.05, 0) is 48.7 Å². The van der Waals surface area contributed by atoms with E-state index in [-0.39, 0.29) is 23.1 Å². The van der Waals surface area contributed by atoms with E-state index in [0.717, 1.165) is 42.6 Å². The van der Waals surface area contributed by atoms with Gasteiger partial charge < -0.3 is 19.8 Å². The Morgan fingerprint density at radius 2 is 1.81 bits per heavy atom. The number of hydrogen-bond donors (Lipinski definition) is 2. The maximum absolute atomic E-state index is 11.9. The van der Waals surface area contributed by atoms with Crippen molar-refractivity contribution in [3.63, 3.8) is 0 Å². The Balaban J connectivity index is 1.48. The van der Waals surface area contributed by atoms with E-state index in [0.29, 0.717) is 11.4 Å². The van der Waals surface area contributed by atoms with Crippen LogP contribution in [0.5, 0.6) is 17.2 Å². The van der Waals surface area contributed by atoms with Gasteiger partial charge in [0.1, 0.15) is 17.0 Å². The van der Waals surface area contributed by atoms with E-state index >= 15 is 0 Å². The average Bonchev–Trinajstić information content (AvgIpc) is 2.79. The third-order valence-electron chi connectivity index (χ3n) is 6.15. The predicted octanol–water partition coefficient (Wildman–Crippen LogP) is 5.76. The highest BCUT2D eigenvalue weighted by Gasteiger charge is 2.36. The monoisotopic (exact) mass is 494 g/mol. The molecule has 0 bridgehead atoms. The molecule has 2 N–H and O–H groups in total. The first-order valence-electron chi connectivity index (χ1n) is 10.6. The van der Waals surface area contributed by atoms with Crippen LogP contribution in [0.15, 0.2) is 65.1 Å². The molecule has 5 rings (SSSR count). The lowest BCUT2D eigenvalue weighted by molar-refractivity contribution is 0.0694. The second-order valence-electron chi connectivity index (χ2n) is 8.19. The van der Waals surface area contributed by atoms with Gasteiger partial charge in [0.15, 0.2) is 11.5 Å². The standard InChI is InChI=1S/C25H23BrN2O4/c26-17-6-8-20-22(14-17)32-24-19(25(30)31)7-9-21(29)23(24)28(20)18-10-12-27(13-11-18)15-16-4-2-1-3-5-16/h1-9,14,18,29H,10-13,15H2,(H,30,31). The minimum Gasteiger partial charge on any atom is -0.506 e. The number of carboxylic acid groups (broad SMARTS) is 1. The van der Waals surface area contributed by atoms with E-state index in [2.05, 4.69) is 50.0 Å². The largest absolute Gasteiger partial charge is 0.506 e. The Morgan fingerprint density at radius 1 is 1.06 bits per heavy atom. The summed E-state index contributed by atoms with van der Waals surface area (Å²) in [6, 6.07) is 19.1. The van der Waals surface area contributed by atoms with Gasteiger partial charge in [-0.15, -0.1) is 0 Å². The fourth-order valence-corrected chi connectivity index (χ4v) is 4.96. The van der Waals surface area contributed by atoms with Crippen molar-refractivity contribution in [3.05, 3.63) is 76.3 Å². The Bertz CT molecular complexity index is 1160. The van der Waals surface area contributed by atoms with Crippen LogP contribution < -0.4 is 9.64 Å². The number of likely N-dealkylation sites (tertiary alicyclic amines) is 1. The molecule has 0 saturated carbocycles.